The molecule has 0 aliphatic carbocycles. The molecule has 1 aliphatic heterocycles. The minimum Gasteiger partial charge on any atom is -0.490 e. The molecule has 30 heavy (non-hydrogen) atoms. The van der Waals surface area contributed by atoms with E-state index in [9.17, 15) is 9.59 Å². The average molecular weight is 494 g/mol. The van der Waals surface area contributed by atoms with Gasteiger partial charge in [0.2, 0.25) is 0 Å². The standard InChI is InChI=1S/C22H22BrClN2O4/c1-4-13(3)30-20-17(23)10-14(12-19(20)29-5-2)11-18-21(27)26(22(28)25-18)16-8-6-15(24)7-9-16/h6-13H,4-5H2,1-3H3,(H,25,28)/b18-11+/t13-/m0/s1. The largest absolute Gasteiger partial charge is 0.490 e. The fourth-order valence-corrected chi connectivity index (χ4v) is 3.54. The predicted molar refractivity (Wildman–Crippen MR) is 121 cm³/mol. The molecule has 1 aliphatic rings. The maximum atomic E-state index is 12.8. The van der Waals surface area contributed by atoms with E-state index in [4.69, 9.17) is 21.1 Å². The first-order valence-corrected chi connectivity index (χ1v) is 10.8. The topological polar surface area (TPSA) is 67.9 Å². The number of hydrogen-bond acceptors (Lipinski definition) is 4. The summed E-state index contributed by atoms with van der Waals surface area (Å²) in [5.74, 6) is 0.722. The van der Waals surface area contributed by atoms with Gasteiger partial charge in [0.15, 0.2) is 11.5 Å². The number of benzene rings is 2. The lowest BCUT2D eigenvalue weighted by Gasteiger charge is -2.18. The molecule has 3 amide bonds. The second kappa shape index (κ2) is 9.53. The number of hydrogen-bond donors (Lipinski definition) is 1. The molecule has 0 radical (unpaired) electrons. The molecule has 0 bridgehead atoms. The molecular formula is C22H22BrClN2O4. The molecule has 6 nitrogen and oxygen atoms in total. The van der Waals surface area contributed by atoms with E-state index in [1.54, 1.807) is 36.4 Å². The van der Waals surface area contributed by atoms with Crippen molar-refractivity contribution >= 4 is 51.2 Å². The minimum atomic E-state index is -0.519. The molecule has 1 heterocycles. The molecule has 1 fully saturated rings. The Bertz CT molecular complexity index is 991. The van der Waals surface area contributed by atoms with Crippen LogP contribution in [0.5, 0.6) is 11.5 Å². The van der Waals surface area contributed by atoms with Crippen molar-refractivity contribution in [1.82, 2.24) is 5.32 Å². The number of rotatable bonds is 7. The van der Waals surface area contributed by atoms with E-state index in [-0.39, 0.29) is 11.8 Å². The Morgan fingerprint density at radius 1 is 1.20 bits per heavy atom. The Hall–Kier alpha value is -2.51. The zero-order valence-corrected chi connectivity index (χ0v) is 19.2. The van der Waals surface area contributed by atoms with Gasteiger partial charge in [-0.25, -0.2) is 9.69 Å². The third-order valence-corrected chi connectivity index (χ3v) is 5.34. The van der Waals surface area contributed by atoms with E-state index >= 15 is 0 Å². The summed E-state index contributed by atoms with van der Waals surface area (Å²) >= 11 is 9.42. The lowest BCUT2D eigenvalue weighted by Crippen LogP contribution is -2.30. The summed E-state index contributed by atoms with van der Waals surface area (Å²) in [5, 5.41) is 3.14. The van der Waals surface area contributed by atoms with Gasteiger partial charge >= 0.3 is 6.03 Å². The van der Waals surface area contributed by atoms with Gasteiger partial charge in [-0.05, 0) is 84.2 Å². The summed E-state index contributed by atoms with van der Waals surface area (Å²) in [5.41, 5.74) is 1.29. The Balaban J connectivity index is 1.93. The van der Waals surface area contributed by atoms with Crippen LogP contribution in [0.15, 0.2) is 46.6 Å². The number of nitrogens with zero attached hydrogens (tertiary/aromatic N) is 1. The first-order chi connectivity index (χ1) is 14.3. The molecule has 1 atom stereocenters. The van der Waals surface area contributed by atoms with Crippen LogP contribution in [-0.4, -0.2) is 24.6 Å². The number of halogens is 2. The van der Waals surface area contributed by atoms with E-state index in [0.717, 1.165) is 11.3 Å². The quantitative estimate of drug-likeness (QED) is 0.392. The van der Waals surface area contributed by atoms with Crippen molar-refractivity contribution in [3.05, 3.63) is 57.2 Å². The van der Waals surface area contributed by atoms with Crippen LogP contribution in [0.25, 0.3) is 6.08 Å². The molecule has 2 aromatic carbocycles. The third kappa shape index (κ3) is 4.79. The Morgan fingerprint density at radius 3 is 2.53 bits per heavy atom. The van der Waals surface area contributed by atoms with Crippen molar-refractivity contribution < 1.29 is 19.1 Å². The van der Waals surface area contributed by atoms with Crippen LogP contribution in [0.2, 0.25) is 5.02 Å². The van der Waals surface area contributed by atoms with Crippen molar-refractivity contribution in [2.75, 3.05) is 11.5 Å². The first kappa shape index (κ1) is 22.2. The van der Waals surface area contributed by atoms with Gasteiger partial charge in [0.1, 0.15) is 5.70 Å². The Kier molecular flexibility index (Phi) is 7.05. The summed E-state index contributed by atoms with van der Waals surface area (Å²) in [7, 11) is 0. The van der Waals surface area contributed by atoms with Gasteiger partial charge in [0, 0.05) is 5.02 Å². The molecule has 2 aromatic rings. The summed E-state index contributed by atoms with van der Waals surface area (Å²) in [6, 6.07) is 9.57. The minimum absolute atomic E-state index is 0.0216. The molecule has 0 saturated carbocycles. The van der Waals surface area contributed by atoms with Crippen molar-refractivity contribution in [1.29, 1.82) is 0 Å². The van der Waals surface area contributed by atoms with Gasteiger partial charge in [-0.2, -0.15) is 0 Å². The predicted octanol–water partition coefficient (Wildman–Crippen LogP) is 5.78. The van der Waals surface area contributed by atoms with Crippen molar-refractivity contribution in [3.8, 4) is 11.5 Å². The summed E-state index contributed by atoms with van der Waals surface area (Å²) in [6.07, 6.45) is 2.48. The van der Waals surface area contributed by atoms with Gasteiger partial charge in [0.25, 0.3) is 5.91 Å². The number of amides is 3. The van der Waals surface area contributed by atoms with Crippen molar-refractivity contribution in [3.63, 3.8) is 0 Å². The number of imide groups is 1. The van der Waals surface area contributed by atoms with Crippen LogP contribution < -0.4 is 19.7 Å². The maximum absolute atomic E-state index is 12.8. The lowest BCUT2D eigenvalue weighted by atomic mass is 10.1. The SMILES string of the molecule is CCOc1cc(/C=C2/NC(=O)N(c3ccc(Cl)cc3)C2=O)cc(Br)c1O[C@@H](C)CC. The molecule has 0 spiro atoms. The molecule has 1 saturated heterocycles. The highest BCUT2D eigenvalue weighted by molar-refractivity contribution is 9.10. The van der Waals surface area contributed by atoms with Crippen molar-refractivity contribution in [2.24, 2.45) is 0 Å². The van der Waals surface area contributed by atoms with E-state index in [1.807, 2.05) is 26.8 Å². The second-order valence-corrected chi connectivity index (χ2v) is 8.00. The fourth-order valence-electron chi connectivity index (χ4n) is 2.86. The van der Waals surface area contributed by atoms with Crippen molar-refractivity contribution in [2.45, 2.75) is 33.3 Å². The maximum Gasteiger partial charge on any atom is 0.333 e. The number of urea groups is 1. The van der Waals surface area contributed by atoms with Crippen LogP contribution in [0, 0.1) is 0 Å². The van der Waals surface area contributed by atoms with Crippen LogP contribution >= 0.6 is 27.5 Å². The van der Waals surface area contributed by atoms with Crippen LogP contribution in [0.4, 0.5) is 10.5 Å². The summed E-state index contributed by atoms with van der Waals surface area (Å²) in [6.45, 7) is 6.37. The van der Waals surface area contributed by atoms with Gasteiger partial charge < -0.3 is 14.8 Å². The van der Waals surface area contributed by atoms with Gasteiger partial charge in [-0.15, -0.1) is 0 Å². The number of carbonyl (C=O) groups is 2. The second-order valence-electron chi connectivity index (χ2n) is 6.70. The molecule has 3 rings (SSSR count). The van der Waals surface area contributed by atoms with Crippen LogP contribution in [-0.2, 0) is 4.79 Å². The number of carbonyl (C=O) groups excluding carboxylic acids is 2. The monoisotopic (exact) mass is 492 g/mol. The highest BCUT2D eigenvalue weighted by atomic mass is 79.9. The smallest absolute Gasteiger partial charge is 0.333 e. The lowest BCUT2D eigenvalue weighted by molar-refractivity contribution is -0.113. The molecular weight excluding hydrogens is 472 g/mol. The summed E-state index contributed by atoms with van der Waals surface area (Å²) in [4.78, 5) is 26.3. The van der Waals surface area contributed by atoms with E-state index in [0.29, 0.717) is 38.9 Å². The molecule has 158 valence electrons. The highest BCUT2D eigenvalue weighted by Gasteiger charge is 2.34. The number of nitrogens with one attached hydrogen (secondary N) is 1. The van der Waals surface area contributed by atoms with E-state index < -0.39 is 11.9 Å². The molecule has 1 N–H and O–H groups in total. The first-order valence-electron chi connectivity index (χ1n) is 9.59. The molecule has 8 heteroatoms. The van der Waals surface area contributed by atoms with E-state index in [2.05, 4.69) is 21.2 Å². The van der Waals surface area contributed by atoms with Gasteiger partial charge in [-0.3, -0.25) is 4.79 Å². The number of anilines is 1. The fraction of sp³-hybridized carbons (Fsp3) is 0.273. The normalized spacial score (nSPS) is 16.0. The van der Waals surface area contributed by atoms with Crippen LogP contribution in [0.1, 0.15) is 32.8 Å². The van der Waals surface area contributed by atoms with Gasteiger partial charge in [-0.1, -0.05) is 18.5 Å². The highest BCUT2D eigenvalue weighted by Crippen LogP contribution is 2.38. The molecule has 0 unspecified atom stereocenters. The average Bonchev–Trinajstić information content (AvgIpc) is 2.98. The zero-order chi connectivity index (χ0) is 21.8. The van der Waals surface area contributed by atoms with Crippen LogP contribution in [0.3, 0.4) is 0 Å². The third-order valence-electron chi connectivity index (χ3n) is 4.50. The van der Waals surface area contributed by atoms with E-state index in [1.165, 1.54) is 0 Å². The summed E-state index contributed by atoms with van der Waals surface area (Å²) < 4.78 is 12.4. The molecule has 0 aromatic heterocycles. The Labute approximate surface area is 188 Å². The number of ether oxygens (including phenoxy) is 2. The van der Waals surface area contributed by atoms with Gasteiger partial charge in [0.05, 0.1) is 22.9 Å². The Morgan fingerprint density at radius 2 is 1.90 bits per heavy atom. The zero-order valence-electron chi connectivity index (χ0n) is 16.9.